The number of hydrogen-bond acceptors (Lipinski definition) is 4. The summed E-state index contributed by atoms with van der Waals surface area (Å²) in [6.45, 7) is 5.08. The molecule has 1 unspecified atom stereocenters. The molecular formula is C14H24O4. The molecule has 1 atom stereocenters. The molecule has 0 N–H and O–H groups in total. The highest BCUT2D eigenvalue weighted by molar-refractivity contribution is 5.72. The van der Waals surface area contributed by atoms with Crippen LogP contribution in [-0.4, -0.2) is 18.2 Å². The van der Waals surface area contributed by atoms with Crippen LogP contribution in [0.25, 0.3) is 0 Å². The van der Waals surface area contributed by atoms with E-state index in [9.17, 15) is 9.59 Å². The Kier molecular flexibility index (Phi) is 6.16. The van der Waals surface area contributed by atoms with Crippen LogP contribution in [0.1, 0.15) is 59.3 Å². The number of carbonyl (C=O) groups excluding carboxylic acids is 2. The summed E-state index contributed by atoms with van der Waals surface area (Å²) in [6.07, 6.45) is 5.56. The minimum Gasteiger partial charge on any atom is -0.425 e. The van der Waals surface area contributed by atoms with Gasteiger partial charge in [0, 0.05) is 13.3 Å². The zero-order chi connectivity index (χ0) is 13.5. The third kappa shape index (κ3) is 5.52. The van der Waals surface area contributed by atoms with Crippen molar-refractivity contribution in [3.05, 3.63) is 0 Å². The summed E-state index contributed by atoms with van der Waals surface area (Å²) in [5.41, 5.74) is 0. The maximum atomic E-state index is 11.7. The fourth-order valence-corrected chi connectivity index (χ4v) is 2.18. The molecule has 0 saturated heterocycles. The Morgan fingerprint density at radius 1 is 1.06 bits per heavy atom. The number of esters is 2. The van der Waals surface area contributed by atoms with Crippen LogP contribution < -0.4 is 0 Å². The second kappa shape index (κ2) is 7.39. The van der Waals surface area contributed by atoms with Gasteiger partial charge in [-0.15, -0.1) is 0 Å². The molecule has 0 heterocycles. The van der Waals surface area contributed by atoms with Gasteiger partial charge in [0.15, 0.2) is 0 Å². The Hall–Kier alpha value is -1.06. The molecule has 1 fully saturated rings. The van der Waals surface area contributed by atoms with Gasteiger partial charge in [0.1, 0.15) is 0 Å². The van der Waals surface area contributed by atoms with Crippen LogP contribution in [0.5, 0.6) is 0 Å². The number of hydrogen-bond donors (Lipinski definition) is 0. The summed E-state index contributed by atoms with van der Waals surface area (Å²) < 4.78 is 10.1. The smallest absolute Gasteiger partial charge is 0.311 e. The first-order chi connectivity index (χ1) is 8.49. The minimum absolute atomic E-state index is 0.204. The summed E-state index contributed by atoms with van der Waals surface area (Å²) in [6, 6.07) is 0. The van der Waals surface area contributed by atoms with Crippen LogP contribution in [0.15, 0.2) is 0 Å². The van der Waals surface area contributed by atoms with Crippen molar-refractivity contribution in [2.45, 2.75) is 65.6 Å². The van der Waals surface area contributed by atoms with Gasteiger partial charge >= 0.3 is 11.9 Å². The van der Waals surface area contributed by atoms with Crippen molar-refractivity contribution in [2.75, 3.05) is 0 Å². The largest absolute Gasteiger partial charge is 0.425 e. The van der Waals surface area contributed by atoms with E-state index >= 15 is 0 Å². The van der Waals surface area contributed by atoms with Crippen LogP contribution in [0.4, 0.5) is 0 Å². The van der Waals surface area contributed by atoms with Gasteiger partial charge in [0.2, 0.25) is 6.29 Å². The number of ether oxygens (including phenoxy) is 2. The first kappa shape index (κ1) is 15.0. The third-order valence-corrected chi connectivity index (χ3v) is 3.23. The molecule has 0 aromatic rings. The van der Waals surface area contributed by atoms with Crippen molar-refractivity contribution in [1.29, 1.82) is 0 Å². The topological polar surface area (TPSA) is 52.6 Å². The summed E-state index contributed by atoms with van der Waals surface area (Å²) in [5, 5.41) is 0. The van der Waals surface area contributed by atoms with Gasteiger partial charge in [-0.2, -0.15) is 0 Å². The van der Waals surface area contributed by atoms with Crippen LogP contribution >= 0.6 is 0 Å². The van der Waals surface area contributed by atoms with E-state index in [2.05, 4.69) is 0 Å². The van der Waals surface area contributed by atoms with Gasteiger partial charge in [-0.1, -0.05) is 33.1 Å². The minimum atomic E-state index is -0.781. The van der Waals surface area contributed by atoms with E-state index < -0.39 is 6.29 Å². The highest BCUT2D eigenvalue weighted by Gasteiger charge is 2.21. The van der Waals surface area contributed by atoms with Gasteiger partial charge < -0.3 is 9.47 Å². The van der Waals surface area contributed by atoms with Crippen molar-refractivity contribution in [2.24, 2.45) is 11.8 Å². The highest BCUT2D eigenvalue weighted by atomic mass is 16.7. The van der Waals surface area contributed by atoms with Crippen LogP contribution in [0, 0.1) is 11.8 Å². The standard InChI is InChI=1S/C14H24O4/c1-10(2)14(16)18-11(3)17-13(15)9-12-7-5-4-6-8-12/h10-12H,4-9H2,1-3H3. The number of rotatable bonds is 5. The van der Waals surface area contributed by atoms with Crippen molar-refractivity contribution in [3.8, 4) is 0 Å². The third-order valence-electron chi connectivity index (χ3n) is 3.23. The molecular weight excluding hydrogens is 232 g/mol. The fraction of sp³-hybridized carbons (Fsp3) is 0.857. The molecule has 4 nitrogen and oxygen atoms in total. The van der Waals surface area contributed by atoms with Gasteiger partial charge in [0.05, 0.1) is 5.92 Å². The van der Waals surface area contributed by atoms with E-state index in [0.29, 0.717) is 12.3 Å². The first-order valence-corrected chi connectivity index (χ1v) is 6.89. The molecule has 18 heavy (non-hydrogen) atoms. The Morgan fingerprint density at radius 3 is 2.22 bits per heavy atom. The predicted molar refractivity (Wildman–Crippen MR) is 67.7 cm³/mol. The molecule has 4 heteroatoms. The van der Waals surface area contributed by atoms with Crippen molar-refractivity contribution in [1.82, 2.24) is 0 Å². The summed E-state index contributed by atoms with van der Waals surface area (Å²) in [5.74, 6) is -0.359. The second-order valence-electron chi connectivity index (χ2n) is 5.36. The van der Waals surface area contributed by atoms with E-state index in [1.807, 2.05) is 0 Å². The van der Waals surface area contributed by atoms with Crippen molar-refractivity contribution < 1.29 is 19.1 Å². The van der Waals surface area contributed by atoms with Gasteiger partial charge in [0.25, 0.3) is 0 Å². The molecule has 104 valence electrons. The van der Waals surface area contributed by atoms with E-state index in [0.717, 1.165) is 12.8 Å². The second-order valence-corrected chi connectivity index (χ2v) is 5.36. The molecule has 0 bridgehead atoms. The molecule has 1 aliphatic carbocycles. The zero-order valence-corrected chi connectivity index (χ0v) is 11.6. The van der Waals surface area contributed by atoms with Gasteiger partial charge in [-0.25, -0.2) is 0 Å². The molecule has 1 rings (SSSR count). The van der Waals surface area contributed by atoms with Crippen molar-refractivity contribution >= 4 is 11.9 Å². The Morgan fingerprint density at radius 2 is 1.67 bits per heavy atom. The van der Waals surface area contributed by atoms with Crippen LogP contribution in [0.2, 0.25) is 0 Å². The van der Waals surface area contributed by atoms with E-state index in [1.165, 1.54) is 19.3 Å². The van der Waals surface area contributed by atoms with Gasteiger partial charge in [-0.05, 0) is 18.8 Å². The lowest BCUT2D eigenvalue weighted by molar-refractivity contribution is -0.187. The molecule has 1 saturated carbocycles. The molecule has 0 spiro atoms. The number of carbonyl (C=O) groups is 2. The van der Waals surface area contributed by atoms with E-state index in [1.54, 1.807) is 20.8 Å². The zero-order valence-electron chi connectivity index (χ0n) is 11.6. The Balaban J connectivity index is 2.24. The average molecular weight is 256 g/mol. The maximum absolute atomic E-state index is 11.7. The summed E-state index contributed by atoms with van der Waals surface area (Å²) in [4.78, 5) is 23.0. The van der Waals surface area contributed by atoms with Crippen LogP contribution in [0.3, 0.4) is 0 Å². The Bertz CT molecular complexity index is 280. The summed E-state index contributed by atoms with van der Waals surface area (Å²) in [7, 11) is 0. The monoisotopic (exact) mass is 256 g/mol. The average Bonchev–Trinajstić information content (AvgIpc) is 2.29. The predicted octanol–water partition coefficient (Wildman–Crippen LogP) is 3.05. The fourth-order valence-electron chi connectivity index (χ4n) is 2.18. The summed E-state index contributed by atoms with van der Waals surface area (Å²) >= 11 is 0. The molecule has 0 amide bonds. The normalized spacial score (nSPS) is 18.4. The molecule has 0 aromatic carbocycles. The Labute approximate surface area is 109 Å². The van der Waals surface area contributed by atoms with Gasteiger partial charge in [-0.3, -0.25) is 9.59 Å². The molecule has 1 aliphatic rings. The SMILES string of the molecule is CC(OC(=O)CC1CCCCC1)OC(=O)C(C)C. The van der Waals surface area contributed by atoms with Crippen molar-refractivity contribution in [3.63, 3.8) is 0 Å². The maximum Gasteiger partial charge on any atom is 0.311 e. The van der Waals surface area contributed by atoms with E-state index in [-0.39, 0.29) is 17.9 Å². The molecule has 0 radical (unpaired) electrons. The van der Waals surface area contributed by atoms with E-state index in [4.69, 9.17) is 9.47 Å². The lowest BCUT2D eigenvalue weighted by Crippen LogP contribution is -2.25. The molecule has 0 aromatic heterocycles. The quantitative estimate of drug-likeness (QED) is 0.560. The lowest BCUT2D eigenvalue weighted by Gasteiger charge is -2.21. The lowest BCUT2D eigenvalue weighted by atomic mass is 9.87. The molecule has 0 aliphatic heterocycles. The van der Waals surface area contributed by atoms with Crippen LogP contribution in [-0.2, 0) is 19.1 Å². The first-order valence-electron chi connectivity index (χ1n) is 6.89. The highest BCUT2D eigenvalue weighted by Crippen LogP contribution is 2.26.